The lowest BCUT2D eigenvalue weighted by atomic mass is 10.2. The van der Waals surface area contributed by atoms with Crippen molar-refractivity contribution in [1.82, 2.24) is 15.0 Å². The zero-order chi connectivity index (χ0) is 15.9. The second-order valence-electron chi connectivity index (χ2n) is 4.58. The number of hydrogen-bond acceptors (Lipinski definition) is 6. The van der Waals surface area contributed by atoms with E-state index >= 15 is 0 Å². The summed E-state index contributed by atoms with van der Waals surface area (Å²) in [4.78, 5) is 11.9. The Kier molecular flexibility index (Phi) is 5.48. The molecule has 2 aromatic rings. The van der Waals surface area contributed by atoms with Gasteiger partial charge in [0.15, 0.2) is 5.69 Å². The lowest BCUT2D eigenvalue weighted by Crippen LogP contribution is -2.13. The zero-order valence-corrected chi connectivity index (χ0v) is 12.7. The SMILES string of the molecule is CCOC(=O)c1nnn(Cc2ccc(OC)cc2)c1CCO. The number of aliphatic hydroxyl groups excluding tert-OH is 1. The van der Waals surface area contributed by atoms with E-state index in [2.05, 4.69) is 10.3 Å². The Labute approximate surface area is 128 Å². The molecule has 22 heavy (non-hydrogen) atoms. The Balaban J connectivity index is 2.23. The van der Waals surface area contributed by atoms with Crippen LogP contribution in [0.15, 0.2) is 24.3 Å². The molecule has 0 bridgehead atoms. The van der Waals surface area contributed by atoms with E-state index in [-0.39, 0.29) is 25.3 Å². The third-order valence-electron chi connectivity index (χ3n) is 3.15. The van der Waals surface area contributed by atoms with E-state index in [0.717, 1.165) is 11.3 Å². The molecule has 118 valence electrons. The third kappa shape index (κ3) is 3.62. The summed E-state index contributed by atoms with van der Waals surface area (Å²) in [7, 11) is 1.61. The van der Waals surface area contributed by atoms with Crippen molar-refractivity contribution in [2.75, 3.05) is 20.3 Å². The highest BCUT2D eigenvalue weighted by molar-refractivity contribution is 5.88. The number of rotatable bonds is 7. The van der Waals surface area contributed by atoms with Gasteiger partial charge in [0.25, 0.3) is 0 Å². The number of ether oxygens (including phenoxy) is 2. The van der Waals surface area contributed by atoms with Crippen LogP contribution in [0, 0.1) is 0 Å². The molecule has 0 aliphatic carbocycles. The molecular formula is C15H19N3O4. The first-order valence-corrected chi connectivity index (χ1v) is 7.02. The van der Waals surface area contributed by atoms with Crippen LogP contribution in [-0.2, 0) is 17.7 Å². The fourth-order valence-electron chi connectivity index (χ4n) is 2.08. The van der Waals surface area contributed by atoms with Crippen LogP contribution < -0.4 is 4.74 Å². The molecule has 0 aliphatic rings. The predicted octanol–water partition coefficient (Wildman–Crippen LogP) is 1.05. The minimum absolute atomic E-state index is 0.0949. The molecule has 0 spiro atoms. The van der Waals surface area contributed by atoms with Gasteiger partial charge in [-0.2, -0.15) is 0 Å². The standard InChI is InChI=1S/C15H19N3O4/c1-3-22-15(20)14-13(8-9-19)18(17-16-14)10-11-4-6-12(21-2)7-5-11/h4-7,19H,3,8-10H2,1-2H3. The summed E-state index contributed by atoms with van der Waals surface area (Å²) in [5.74, 6) is 0.247. The van der Waals surface area contributed by atoms with Gasteiger partial charge >= 0.3 is 5.97 Å². The maximum atomic E-state index is 11.9. The summed E-state index contributed by atoms with van der Waals surface area (Å²) < 4.78 is 11.7. The summed E-state index contributed by atoms with van der Waals surface area (Å²) in [6.07, 6.45) is 0.289. The minimum Gasteiger partial charge on any atom is -0.497 e. The largest absolute Gasteiger partial charge is 0.497 e. The predicted molar refractivity (Wildman–Crippen MR) is 78.9 cm³/mol. The van der Waals surface area contributed by atoms with Gasteiger partial charge in [-0.15, -0.1) is 5.10 Å². The van der Waals surface area contributed by atoms with Gasteiger partial charge in [0.1, 0.15) is 5.75 Å². The summed E-state index contributed by atoms with van der Waals surface area (Å²) >= 11 is 0. The van der Waals surface area contributed by atoms with Crippen molar-refractivity contribution >= 4 is 5.97 Å². The topological polar surface area (TPSA) is 86.5 Å². The highest BCUT2D eigenvalue weighted by Gasteiger charge is 2.20. The van der Waals surface area contributed by atoms with Gasteiger partial charge in [0, 0.05) is 13.0 Å². The van der Waals surface area contributed by atoms with Crippen LogP contribution in [-0.4, -0.2) is 46.4 Å². The molecule has 1 N–H and O–H groups in total. The summed E-state index contributed by atoms with van der Waals surface area (Å²) in [5, 5.41) is 17.1. The lowest BCUT2D eigenvalue weighted by Gasteiger charge is -2.07. The van der Waals surface area contributed by atoms with Crippen molar-refractivity contribution in [3.05, 3.63) is 41.2 Å². The van der Waals surface area contributed by atoms with Crippen LogP contribution in [0.25, 0.3) is 0 Å². The molecule has 0 saturated carbocycles. The number of aliphatic hydroxyl groups is 1. The molecule has 1 aromatic carbocycles. The van der Waals surface area contributed by atoms with Crippen molar-refractivity contribution in [3.8, 4) is 5.75 Å². The number of carbonyl (C=O) groups is 1. The van der Waals surface area contributed by atoms with Gasteiger partial charge in [-0.25, -0.2) is 9.48 Å². The Bertz CT molecular complexity index is 622. The molecule has 1 heterocycles. The minimum atomic E-state index is -0.521. The molecule has 1 aromatic heterocycles. The Hall–Kier alpha value is -2.41. The molecular weight excluding hydrogens is 286 g/mol. The smallest absolute Gasteiger partial charge is 0.360 e. The molecule has 0 amide bonds. The maximum Gasteiger partial charge on any atom is 0.360 e. The van der Waals surface area contributed by atoms with Crippen LogP contribution in [0.1, 0.15) is 28.7 Å². The molecule has 2 rings (SSSR count). The van der Waals surface area contributed by atoms with E-state index in [4.69, 9.17) is 9.47 Å². The quantitative estimate of drug-likeness (QED) is 0.769. The van der Waals surface area contributed by atoms with Crippen LogP contribution in [0.2, 0.25) is 0 Å². The monoisotopic (exact) mass is 305 g/mol. The first kappa shape index (κ1) is 16.0. The molecule has 0 fully saturated rings. The lowest BCUT2D eigenvalue weighted by molar-refractivity contribution is 0.0517. The highest BCUT2D eigenvalue weighted by atomic mass is 16.5. The second kappa shape index (κ2) is 7.56. The summed E-state index contributed by atoms with van der Waals surface area (Å²) in [5.41, 5.74) is 1.71. The molecule has 0 atom stereocenters. The Morgan fingerprint density at radius 2 is 2.05 bits per heavy atom. The van der Waals surface area contributed by atoms with E-state index in [9.17, 15) is 9.90 Å². The normalized spacial score (nSPS) is 10.5. The molecule has 0 aliphatic heterocycles. The first-order valence-electron chi connectivity index (χ1n) is 7.02. The molecule has 7 nitrogen and oxygen atoms in total. The van der Waals surface area contributed by atoms with Crippen molar-refractivity contribution in [2.45, 2.75) is 19.9 Å². The summed E-state index contributed by atoms with van der Waals surface area (Å²) in [6, 6.07) is 7.52. The number of benzene rings is 1. The second-order valence-corrected chi connectivity index (χ2v) is 4.58. The highest BCUT2D eigenvalue weighted by Crippen LogP contribution is 2.14. The van der Waals surface area contributed by atoms with Crippen LogP contribution >= 0.6 is 0 Å². The third-order valence-corrected chi connectivity index (χ3v) is 3.15. The number of esters is 1. The number of aromatic nitrogens is 3. The molecule has 0 saturated heterocycles. The Morgan fingerprint density at radius 3 is 2.64 bits per heavy atom. The van der Waals surface area contributed by atoms with Gasteiger partial charge in [-0.3, -0.25) is 0 Å². The van der Waals surface area contributed by atoms with Crippen LogP contribution in [0.5, 0.6) is 5.75 Å². The number of nitrogens with zero attached hydrogens (tertiary/aromatic N) is 3. The summed E-state index contributed by atoms with van der Waals surface area (Å²) in [6.45, 7) is 2.35. The van der Waals surface area contributed by atoms with Gasteiger partial charge in [0.05, 0.1) is 26.0 Å². The van der Waals surface area contributed by atoms with Crippen molar-refractivity contribution in [1.29, 1.82) is 0 Å². The van der Waals surface area contributed by atoms with Crippen molar-refractivity contribution < 1.29 is 19.4 Å². The van der Waals surface area contributed by atoms with E-state index in [1.54, 1.807) is 18.7 Å². The Morgan fingerprint density at radius 1 is 1.32 bits per heavy atom. The first-order chi connectivity index (χ1) is 10.7. The molecule has 0 radical (unpaired) electrons. The van der Waals surface area contributed by atoms with Crippen LogP contribution in [0.4, 0.5) is 0 Å². The molecule has 0 unspecified atom stereocenters. The van der Waals surface area contributed by atoms with E-state index < -0.39 is 5.97 Å². The zero-order valence-electron chi connectivity index (χ0n) is 12.7. The van der Waals surface area contributed by atoms with E-state index in [1.807, 2.05) is 24.3 Å². The van der Waals surface area contributed by atoms with E-state index in [0.29, 0.717) is 12.2 Å². The number of carbonyl (C=O) groups excluding carboxylic acids is 1. The maximum absolute atomic E-state index is 11.9. The molecule has 7 heteroatoms. The van der Waals surface area contributed by atoms with Crippen molar-refractivity contribution in [2.24, 2.45) is 0 Å². The van der Waals surface area contributed by atoms with Gasteiger partial charge < -0.3 is 14.6 Å². The number of hydrogen-bond donors (Lipinski definition) is 1. The fraction of sp³-hybridized carbons (Fsp3) is 0.400. The van der Waals surface area contributed by atoms with Crippen molar-refractivity contribution in [3.63, 3.8) is 0 Å². The van der Waals surface area contributed by atoms with Gasteiger partial charge in [0.2, 0.25) is 0 Å². The fourth-order valence-corrected chi connectivity index (χ4v) is 2.08. The van der Waals surface area contributed by atoms with Gasteiger partial charge in [-0.1, -0.05) is 17.3 Å². The average Bonchev–Trinajstić information content (AvgIpc) is 2.92. The van der Waals surface area contributed by atoms with Gasteiger partial charge in [-0.05, 0) is 24.6 Å². The average molecular weight is 305 g/mol. The number of methoxy groups -OCH3 is 1. The van der Waals surface area contributed by atoms with Crippen LogP contribution in [0.3, 0.4) is 0 Å². The van der Waals surface area contributed by atoms with E-state index in [1.165, 1.54) is 0 Å².